The lowest BCUT2D eigenvalue weighted by molar-refractivity contribution is -0.139. The summed E-state index contributed by atoms with van der Waals surface area (Å²) in [7, 11) is 4.67. The Labute approximate surface area is 167 Å². The van der Waals surface area contributed by atoms with Crippen molar-refractivity contribution >= 4 is 12.0 Å². The van der Waals surface area contributed by atoms with Gasteiger partial charge >= 0.3 is 5.97 Å². The number of hydrogen-bond acceptors (Lipinski definition) is 8. The first kappa shape index (κ1) is 19.9. The fourth-order valence-corrected chi connectivity index (χ4v) is 2.56. The number of esters is 1. The van der Waals surface area contributed by atoms with Crippen LogP contribution in [0.4, 0.5) is 0 Å². The van der Waals surface area contributed by atoms with Gasteiger partial charge in [0.15, 0.2) is 6.61 Å². The monoisotopic (exact) mass is 396 g/mol. The van der Waals surface area contributed by atoms with Gasteiger partial charge in [-0.15, -0.1) is 0 Å². The maximum atomic E-state index is 12.0. The van der Waals surface area contributed by atoms with Crippen LogP contribution in [0.5, 0.6) is 17.2 Å². The Kier molecular flexibility index (Phi) is 6.47. The van der Waals surface area contributed by atoms with E-state index in [0.717, 1.165) is 0 Å². The number of hydrogen-bond donors (Lipinski definition) is 0. The van der Waals surface area contributed by atoms with Crippen LogP contribution in [0.1, 0.15) is 11.5 Å². The number of aromatic nitrogens is 2. The molecule has 0 N–H and O–H groups in total. The Hall–Kier alpha value is -3.81. The smallest absolute Gasteiger partial charge is 0.331 e. The third-order valence-corrected chi connectivity index (χ3v) is 3.99. The number of nitrogens with zero attached hydrogens (tertiary/aromatic N) is 2. The van der Waals surface area contributed by atoms with Crippen LogP contribution in [-0.2, 0) is 16.1 Å². The minimum atomic E-state index is -0.563. The molecular weight excluding hydrogens is 376 g/mol. The van der Waals surface area contributed by atoms with Crippen molar-refractivity contribution in [3.8, 4) is 28.6 Å². The molecule has 0 saturated heterocycles. The minimum Gasteiger partial charge on any atom is -0.497 e. The van der Waals surface area contributed by atoms with Crippen LogP contribution in [0.2, 0.25) is 0 Å². The Morgan fingerprint density at radius 1 is 1.03 bits per heavy atom. The molecule has 0 amide bonds. The summed E-state index contributed by atoms with van der Waals surface area (Å²) >= 11 is 0. The van der Waals surface area contributed by atoms with Gasteiger partial charge < -0.3 is 23.5 Å². The molecule has 0 saturated carbocycles. The van der Waals surface area contributed by atoms with Crippen molar-refractivity contribution in [2.24, 2.45) is 0 Å². The molecular formula is C21H20N2O6. The van der Waals surface area contributed by atoms with E-state index in [9.17, 15) is 4.79 Å². The average Bonchev–Trinajstić information content (AvgIpc) is 3.24. The molecule has 8 nitrogen and oxygen atoms in total. The molecule has 8 heteroatoms. The Bertz CT molecular complexity index is 1010. The summed E-state index contributed by atoms with van der Waals surface area (Å²) in [6, 6.07) is 12.6. The fraction of sp³-hybridized carbons (Fsp3) is 0.190. The Balaban J connectivity index is 1.63. The molecule has 0 fully saturated rings. The SMILES string of the molecule is COc1ccc(OC)c(/C=C/C(=O)OCc2nc(-c3ccccc3OC)no2)c1. The second-order valence-corrected chi connectivity index (χ2v) is 5.76. The fourth-order valence-electron chi connectivity index (χ4n) is 2.56. The lowest BCUT2D eigenvalue weighted by Gasteiger charge is -2.07. The number of ether oxygens (including phenoxy) is 4. The second kappa shape index (κ2) is 9.41. The maximum absolute atomic E-state index is 12.0. The minimum absolute atomic E-state index is 0.152. The molecule has 2 aromatic carbocycles. The Morgan fingerprint density at radius 2 is 1.83 bits per heavy atom. The van der Waals surface area contributed by atoms with E-state index in [4.69, 9.17) is 23.5 Å². The lowest BCUT2D eigenvalue weighted by Crippen LogP contribution is -2.01. The summed E-state index contributed by atoms with van der Waals surface area (Å²) < 4.78 is 26.0. The second-order valence-electron chi connectivity index (χ2n) is 5.76. The first-order chi connectivity index (χ1) is 14.1. The van der Waals surface area contributed by atoms with Crippen molar-refractivity contribution < 1.29 is 28.3 Å². The van der Waals surface area contributed by atoms with Crippen molar-refractivity contribution in [2.75, 3.05) is 21.3 Å². The normalized spacial score (nSPS) is 10.7. The van der Waals surface area contributed by atoms with E-state index in [-0.39, 0.29) is 12.5 Å². The van der Waals surface area contributed by atoms with E-state index in [2.05, 4.69) is 10.1 Å². The maximum Gasteiger partial charge on any atom is 0.331 e. The molecule has 3 rings (SSSR count). The first-order valence-electron chi connectivity index (χ1n) is 8.67. The van der Waals surface area contributed by atoms with Crippen molar-refractivity contribution in [1.29, 1.82) is 0 Å². The van der Waals surface area contributed by atoms with Crippen LogP contribution in [0.3, 0.4) is 0 Å². The lowest BCUT2D eigenvalue weighted by atomic mass is 10.1. The van der Waals surface area contributed by atoms with E-state index in [0.29, 0.717) is 34.2 Å². The zero-order chi connectivity index (χ0) is 20.6. The average molecular weight is 396 g/mol. The number of carbonyl (C=O) groups is 1. The van der Waals surface area contributed by atoms with Gasteiger partial charge in [0.2, 0.25) is 5.82 Å². The zero-order valence-corrected chi connectivity index (χ0v) is 16.2. The standard InChI is InChI=1S/C21H20N2O6/c1-25-15-9-10-17(26-2)14(12-15)8-11-20(24)28-13-19-22-21(23-29-19)16-6-4-5-7-18(16)27-3/h4-12H,13H2,1-3H3/b11-8+. The van der Waals surface area contributed by atoms with Crippen LogP contribution in [0.25, 0.3) is 17.5 Å². The molecule has 0 radical (unpaired) electrons. The van der Waals surface area contributed by atoms with Crippen LogP contribution in [-0.4, -0.2) is 37.4 Å². The molecule has 1 heterocycles. The number of methoxy groups -OCH3 is 3. The van der Waals surface area contributed by atoms with Gasteiger partial charge in [0.05, 0.1) is 26.9 Å². The summed E-state index contributed by atoms with van der Waals surface area (Å²) in [5.41, 5.74) is 1.36. The Morgan fingerprint density at radius 3 is 2.59 bits per heavy atom. The van der Waals surface area contributed by atoms with Crippen molar-refractivity contribution in [1.82, 2.24) is 10.1 Å². The highest BCUT2D eigenvalue weighted by Crippen LogP contribution is 2.27. The van der Waals surface area contributed by atoms with E-state index in [1.165, 1.54) is 6.08 Å². The van der Waals surface area contributed by atoms with Gasteiger partial charge in [0.25, 0.3) is 5.89 Å². The summed E-state index contributed by atoms with van der Waals surface area (Å²) in [6.07, 6.45) is 2.87. The van der Waals surface area contributed by atoms with Crippen LogP contribution < -0.4 is 14.2 Å². The molecule has 3 aromatic rings. The predicted octanol–water partition coefficient (Wildman–Crippen LogP) is 3.52. The van der Waals surface area contributed by atoms with Gasteiger partial charge in [0.1, 0.15) is 17.2 Å². The third kappa shape index (κ3) is 4.92. The summed E-state index contributed by atoms with van der Waals surface area (Å²) in [5, 5.41) is 3.90. The highest BCUT2D eigenvalue weighted by atomic mass is 16.6. The molecule has 0 aliphatic heterocycles. The molecule has 0 bridgehead atoms. The molecule has 0 aliphatic carbocycles. The highest BCUT2D eigenvalue weighted by molar-refractivity contribution is 5.87. The summed E-state index contributed by atoms with van der Waals surface area (Å²) in [6.45, 7) is -0.152. The third-order valence-electron chi connectivity index (χ3n) is 3.99. The van der Waals surface area contributed by atoms with E-state index >= 15 is 0 Å². The number of para-hydroxylation sites is 1. The molecule has 0 unspecified atom stereocenters. The van der Waals surface area contributed by atoms with E-state index < -0.39 is 5.97 Å². The van der Waals surface area contributed by atoms with Gasteiger partial charge in [-0.1, -0.05) is 17.3 Å². The molecule has 150 valence electrons. The van der Waals surface area contributed by atoms with Crippen molar-refractivity contribution in [3.63, 3.8) is 0 Å². The van der Waals surface area contributed by atoms with Gasteiger partial charge in [-0.25, -0.2) is 4.79 Å². The molecule has 1 aromatic heterocycles. The largest absolute Gasteiger partial charge is 0.497 e. The van der Waals surface area contributed by atoms with Gasteiger partial charge in [-0.3, -0.25) is 0 Å². The van der Waals surface area contributed by atoms with Crippen LogP contribution >= 0.6 is 0 Å². The van der Waals surface area contributed by atoms with E-state index in [1.54, 1.807) is 51.7 Å². The van der Waals surface area contributed by atoms with Crippen LogP contribution in [0.15, 0.2) is 53.1 Å². The molecule has 29 heavy (non-hydrogen) atoms. The number of benzene rings is 2. The molecule has 0 aliphatic rings. The quantitative estimate of drug-likeness (QED) is 0.422. The van der Waals surface area contributed by atoms with Gasteiger partial charge in [-0.05, 0) is 36.4 Å². The molecule has 0 atom stereocenters. The predicted molar refractivity (Wildman–Crippen MR) is 105 cm³/mol. The highest BCUT2D eigenvalue weighted by Gasteiger charge is 2.13. The molecule has 0 spiro atoms. The van der Waals surface area contributed by atoms with Crippen molar-refractivity contribution in [3.05, 3.63) is 60.0 Å². The van der Waals surface area contributed by atoms with Gasteiger partial charge in [0, 0.05) is 11.6 Å². The topological polar surface area (TPSA) is 92.9 Å². The van der Waals surface area contributed by atoms with Crippen LogP contribution in [0, 0.1) is 0 Å². The summed E-state index contributed by atoms with van der Waals surface area (Å²) in [5.74, 6) is 1.83. The summed E-state index contributed by atoms with van der Waals surface area (Å²) in [4.78, 5) is 16.3. The van der Waals surface area contributed by atoms with Gasteiger partial charge in [-0.2, -0.15) is 4.98 Å². The first-order valence-corrected chi connectivity index (χ1v) is 8.67. The number of rotatable bonds is 8. The van der Waals surface area contributed by atoms with E-state index in [1.807, 2.05) is 18.2 Å². The zero-order valence-electron chi connectivity index (χ0n) is 16.2. The number of carbonyl (C=O) groups excluding carboxylic acids is 1. The van der Waals surface area contributed by atoms with Crippen molar-refractivity contribution in [2.45, 2.75) is 6.61 Å².